The molecule has 0 radical (unpaired) electrons. The van der Waals surface area contributed by atoms with Crippen molar-refractivity contribution >= 4 is 5.97 Å². The molecule has 0 fully saturated rings. The van der Waals surface area contributed by atoms with Crippen molar-refractivity contribution in [3.8, 4) is 11.5 Å². The summed E-state index contributed by atoms with van der Waals surface area (Å²) in [6.45, 7) is 17.0. The first-order chi connectivity index (χ1) is 19.0. The molecule has 2 aromatic heterocycles. The molecule has 0 bridgehead atoms. The van der Waals surface area contributed by atoms with Crippen molar-refractivity contribution in [2.75, 3.05) is 13.2 Å². The Morgan fingerprint density at radius 1 is 1.05 bits per heavy atom. The minimum Gasteiger partial charge on any atom is -0.483 e. The van der Waals surface area contributed by atoms with E-state index in [0.717, 1.165) is 39.4 Å². The number of rotatable bonds is 13. The smallest absolute Gasteiger partial charge is 0.349 e. The standard InChI is InChI=1S/C32H41N3O5/c1-9-37-31(36)32(7,8)39-20-23(4)16-26(15-22(2)3)17-35(19-29-33-24(5)21-38-29)18-28-25(6)40-30(34-28)27-13-11-10-12-14-27/h10-16,20-21H,9,17-19H2,1-8H3/b23-20+,26-16+. The molecule has 0 aliphatic carbocycles. The van der Waals surface area contributed by atoms with Crippen molar-refractivity contribution in [2.24, 2.45) is 0 Å². The highest BCUT2D eigenvalue weighted by Gasteiger charge is 2.30. The van der Waals surface area contributed by atoms with Gasteiger partial charge in [-0.15, -0.1) is 0 Å². The maximum atomic E-state index is 12.2. The number of hydrogen-bond acceptors (Lipinski definition) is 8. The van der Waals surface area contributed by atoms with Crippen LogP contribution < -0.4 is 0 Å². The summed E-state index contributed by atoms with van der Waals surface area (Å²) < 4.78 is 22.7. The number of hydrogen-bond donors (Lipinski definition) is 0. The highest BCUT2D eigenvalue weighted by molar-refractivity contribution is 5.78. The van der Waals surface area contributed by atoms with Crippen LogP contribution in [0.5, 0.6) is 0 Å². The minimum atomic E-state index is -1.09. The molecule has 0 spiro atoms. The first-order valence-corrected chi connectivity index (χ1v) is 13.5. The van der Waals surface area contributed by atoms with Crippen LogP contribution in [0.1, 0.15) is 64.6 Å². The molecule has 0 atom stereocenters. The van der Waals surface area contributed by atoms with E-state index in [1.807, 2.05) is 57.2 Å². The maximum Gasteiger partial charge on any atom is 0.349 e. The number of benzene rings is 1. The Balaban J connectivity index is 1.88. The van der Waals surface area contributed by atoms with Gasteiger partial charge in [-0.1, -0.05) is 35.9 Å². The van der Waals surface area contributed by atoms with Crippen molar-refractivity contribution < 1.29 is 23.1 Å². The van der Waals surface area contributed by atoms with E-state index in [1.165, 1.54) is 0 Å². The molecule has 1 aromatic carbocycles. The number of aromatic nitrogens is 2. The van der Waals surface area contributed by atoms with Gasteiger partial charge in [0.25, 0.3) is 0 Å². The lowest BCUT2D eigenvalue weighted by molar-refractivity contribution is -0.161. The second kappa shape index (κ2) is 13.9. The number of aryl methyl sites for hydroxylation is 2. The van der Waals surface area contributed by atoms with Gasteiger partial charge >= 0.3 is 5.97 Å². The second-order valence-electron chi connectivity index (χ2n) is 10.6. The summed E-state index contributed by atoms with van der Waals surface area (Å²) >= 11 is 0. The van der Waals surface area contributed by atoms with E-state index >= 15 is 0 Å². The number of carbonyl (C=O) groups excluding carboxylic acids is 1. The fraction of sp³-hybridized carbons (Fsp3) is 0.406. The number of ether oxygens (including phenoxy) is 2. The molecular formula is C32H41N3O5. The Labute approximate surface area is 237 Å². The average molecular weight is 548 g/mol. The molecular weight excluding hydrogens is 506 g/mol. The fourth-order valence-electron chi connectivity index (χ4n) is 4.01. The predicted octanol–water partition coefficient (Wildman–Crippen LogP) is 7.10. The Kier molecular flexibility index (Phi) is 10.7. The van der Waals surface area contributed by atoms with Crippen molar-refractivity contribution in [3.63, 3.8) is 0 Å². The Hall–Kier alpha value is -3.91. The Morgan fingerprint density at radius 2 is 1.77 bits per heavy atom. The summed E-state index contributed by atoms with van der Waals surface area (Å²) in [5.41, 5.74) is 4.60. The van der Waals surface area contributed by atoms with Gasteiger partial charge in [0.2, 0.25) is 11.8 Å². The van der Waals surface area contributed by atoms with Crippen LogP contribution in [0.25, 0.3) is 11.5 Å². The van der Waals surface area contributed by atoms with Crippen LogP contribution in [-0.2, 0) is 27.4 Å². The first-order valence-electron chi connectivity index (χ1n) is 13.5. The molecule has 0 amide bonds. The maximum absolute atomic E-state index is 12.2. The molecule has 0 saturated heterocycles. The summed E-state index contributed by atoms with van der Waals surface area (Å²) in [5, 5.41) is 0. The normalized spacial score (nSPS) is 12.5. The van der Waals surface area contributed by atoms with Gasteiger partial charge in [0, 0.05) is 18.7 Å². The monoisotopic (exact) mass is 547 g/mol. The zero-order valence-electron chi connectivity index (χ0n) is 24.9. The molecule has 8 nitrogen and oxygen atoms in total. The minimum absolute atomic E-state index is 0.302. The molecule has 3 aromatic rings. The molecule has 0 saturated carbocycles. The third-order valence-electron chi connectivity index (χ3n) is 5.91. The molecule has 8 heteroatoms. The van der Waals surface area contributed by atoms with E-state index < -0.39 is 11.6 Å². The van der Waals surface area contributed by atoms with Crippen molar-refractivity contribution in [1.29, 1.82) is 0 Å². The fourth-order valence-corrected chi connectivity index (χ4v) is 4.01. The summed E-state index contributed by atoms with van der Waals surface area (Å²) in [7, 11) is 0. The highest BCUT2D eigenvalue weighted by Crippen LogP contribution is 2.24. The van der Waals surface area contributed by atoms with E-state index in [2.05, 4.69) is 29.8 Å². The van der Waals surface area contributed by atoms with Gasteiger partial charge in [0.15, 0.2) is 5.60 Å². The summed E-state index contributed by atoms with van der Waals surface area (Å²) in [5.74, 6) is 1.59. The van der Waals surface area contributed by atoms with Gasteiger partial charge < -0.3 is 18.3 Å². The SMILES string of the molecule is CCOC(=O)C(C)(C)O/C=C(C)/C=C(\C=C(C)C)CN(Cc1nc(C)co1)Cc1nc(-c2ccccc2)oc1C. The third kappa shape index (κ3) is 9.09. The van der Waals surface area contributed by atoms with Gasteiger partial charge in [-0.05, 0) is 78.7 Å². The van der Waals surface area contributed by atoms with Crippen molar-refractivity contribution in [1.82, 2.24) is 14.9 Å². The van der Waals surface area contributed by atoms with Gasteiger partial charge in [-0.3, -0.25) is 4.90 Å². The van der Waals surface area contributed by atoms with Crippen LogP contribution in [-0.4, -0.2) is 39.6 Å². The molecule has 3 rings (SSSR count). The van der Waals surface area contributed by atoms with Crippen LogP contribution in [0.3, 0.4) is 0 Å². The first kappa shape index (κ1) is 30.6. The zero-order valence-corrected chi connectivity index (χ0v) is 24.9. The largest absolute Gasteiger partial charge is 0.483 e. The van der Waals surface area contributed by atoms with E-state index in [4.69, 9.17) is 23.3 Å². The van der Waals surface area contributed by atoms with Crippen LogP contribution in [0, 0.1) is 13.8 Å². The van der Waals surface area contributed by atoms with Gasteiger partial charge in [0.1, 0.15) is 12.0 Å². The van der Waals surface area contributed by atoms with E-state index in [1.54, 1.807) is 33.3 Å². The summed E-state index contributed by atoms with van der Waals surface area (Å²) in [4.78, 5) is 23.8. The molecule has 0 N–H and O–H groups in total. The number of carbonyl (C=O) groups is 1. The molecule has 40 heavy (non-hydrogen) atoms. The van der Waals surface area contributed by atoms with Crippen LogP contribution in [0.4, 0.5) is 0 Å². The summed E-state index contributed by atoms with van der Waals surface area (Å²) in [6, 6.07) is 9.87. The third-order valence-corrected chi connectivity index (χ3v) is 5.91. The van der Waals surface area contributed by atoms with E-state index in [-0.39, 0.29) is 0 Å². The van der Waals surface area contributed by atoms with Gasteiger partial charge in [-0.2, -0.15) is 0 Å². The molecule has 0 aliphatic heterocycles. The molecule has 214 valence electrons. The van der Waals surface area contributed by atoms with Gasteiger partial charge in [-0.25, -0.2) is 14.8 Å². The van der Waals surface area contributed by atoms with Crippen LogP contribution in [0.15, 0.2) is 80.6 Å². The van der Waals surface area contributed by atoms with E-state index in [9.17, 15) is 4.79 Å². The van der Waals surface area contributed by atoms with Crippen LogP contribution >= 0.6 is 0 Å². The molecule has 0 aliphatic rings. The topological polar surface area (TPSA) is 90.8 Å². The number of esters is 1. The van der Waals surface area contributed by atoms with Crippen molar-refractivity contribution in [3.05, 3.63) is 94.8 Å². The van der Waals surface area contributed by atoms with Crippen molar-refractivity contribution in [2.45, 2.75) is 74.1 Å². The quantitative estimate of drug-likeness (QED) is 0.127. The average Bonchev–Trinajstić information content (AvgIpc) is 3.47. The molecule has 0 unspecified atom stereocenters. The molecule has 2 heterocycles. The Morgan fingerprint density at radius 3 is 2.40 bits per heavy atom. The van der Waals surface area contributed by atoms with Crippen LogP contribution in [0.2, 0.25) is 0 Å². The van der Waals surface area contributed by atoms with E-state index in [0.29, 0.717) is 38.0 Å². The number of oxazole rings is 2. The van der Waals surface area contributed by atoms with Gasteiger partial charge in [0.05, 0.1) is 30.8 Å². The zero-order chi connectivity index (χ0) is 29.3. The number of nitrogens with zero attached hydrogens (tertiary/aromatic N) is 3. The highest BCUT2D eigenvalue weighted by atomic mass is 16.6. The summed E-state index contributed by atoms with van der Waals surface area (Å²) in [6.07, 6.45) is 7.44. The predicted molar refractivity (Wildman–Crippen MR) is 155 cm³/mol. The lowest BCUT2D eigenvalue weighted by atomic mass is 10.1. The second-order valence-corrected chi connectivity index (χ2v) is 10.6. The Bertz CT molecular complexity index is 1360. The lowest BCUT2D eigenvalue weighted by Gasteiger charge is -2.22. The lowest BCUT2D eigenvalue weighted by Crippen LogP contribution is -2.35. The number of allylic oxidation sites excluding steroid dienone is 3.